The third-order valence-electron chi connectivity index (χ3n) is 1.79. The first kappa shape index (κ1) is 11.5. The number of amides is 1. The number of hydrogen-bond acceptors (Lipinski definition) is 4. The van der Waals surface area contributed by atoms with Crippen LogP contribution in [-0.4, -0.2) is 30.3 Å². The lowest BCUT2D eigenvalue weighted by Crippen LogP contribution is -2.30. The van der Waals surface area contributed by atoms with E-state index in [4.69, 9.17) is 15.9 Å². The van der Waals surface area contributed by atoms with Gasteiger partial charge >= 0.3 is 5.97 Å². The quantitative estimate of drug-likeness (QED) is 0.519. The van der Waals surface area contributed by atoms with E-state index in [1.165, 1.54) is 0 Å². The van der Waals surface area contributed by atoms with Gasteiger partial charge in [0.25, 0.3) is 0 Å². The predicted octanol–water partition coefficient (Wildman–Crippen LogP) is -0.196. The molecule has 1 aliphatic rings. The van der Waals surface area contributed by atoms with E-state index >= 15 is 0 Å². The Kier molecular flexibility index (Phi) is 3.32. The molecule has 0 aromatic heterocycles. The summed E-state index contributed by atoms with van der Waals surface area (Å²) in [4.78, 5) is 22.5. The smallest absolute Gasteiger partial charge is 0.338 e. The van der Waals surface area contributed by atoms with Gasteiger partial charge in [0.2, 0.25) is 11.7 Å². The molecule has 1 fully saturated rings. The van der Waals surface area contributed by atoms with Crippen LogP contribution in [-0.2, 0) is 19.1 Å². The van der Waals surface area contributed by atoms with Crippen LogP contribution in [0.25, 0.3) is 0 Å². The summed E-state index contributed by atoms with van der Waals surface area (Å²) in [5, 5.41) is 2.44. The lowest BCUT2D eigenvalue weighted by Gasteiger charge is -2.14. The number of nitrogens with one attached hydrogen (secondary N) is 1. The molecular formula is C10H13NO4. The Morgan fingerprint density at radius 3 is 2.80 bits per heavy atom. The molecule has 0 saturated carbocycles. The van der Waals surface area contributed by atoms with Crippen molar-refractivity contribution in [3.8, 4) is 12.3 Å². The lowest BCUT2D eigenvalue weighted by molar-refractivity contribution is -0.160. The molecule has 0 radical (unpaired) electrons. The molecule has 1 N–H and O–H groups in total. The molecule has 0 unspecified atom stereocenters. The largest absolute Gasteiger partial charge is 0.432 e. The first-order valence-corrected chi connectivity index (χ1v) is 4.55. The van der Waals surface area contributed by atoms with Crippen LogP contribution in [0.5, 0.6) is 0 Å². The van der Waals surface area contributed by atoms with Gasteiger partial charge in [-0.15, -0.1) is 6.42 Å². The maximum absolute atomic E-state index is 11.2. The molecule has 1 heterocycles. The number of terminal acetylenes is 1. The summed E-state index contributed by atoms with van der Waals surface area (Å²) in [5.74, 6) is 0.468. The molecule has 1 atom stereocenters. The van der Waals surface area contributed by atoms with E-state index in [-0.39, 0.29) is 18.9 Å². The third-order valence-corrected chi connectivity index (χ3v) is 1.79. The number of carbonyl (C=O) groups is 2. The normalized spacial score (nSPS) is 23.0. The molecular weight excluding hydrogens is 198 g/mol. The van der Waals surface area contributed by atoms with E-state index in [9.17, 15) is 9.59 Å². The van der Waals surface area contributed by atoms with E-state index in [1.54, 1.807) is 13.8 Å². The Morgan fingerprint density at radius 1 is 1.67 bits per heavy atom. The Bertz CT molecular complexity index is 316. The van der Waals surface area contributed by atoms with Gasteiger partial charge in [-0.1, -0.05) is 5.92 Å². The second-order valence-corrected chi connectivity index (χ2v) is 3.61. The maximum Gasteiger partial charge on any atom is 0.338 e. The van der Waals surface area contributed by atoms with Gasteiger partial charge in [-0.05, 0) is 0 Å². The van der Waals surface area contributed by atoms with Crippen LogP contribution in [0.4, 0.5) is 0 Å². The van der Waals surface area contributed by atoms with Gasteiger partial charge in [-0.3, -0.25) is 4.79 Å². The van der Waals surface area contributed by atoms with E-state index in [0.29, 0.717) is 0 Å². The molecule has 0 aromatic carbocycles. The molecule has 0 aliphatic carbocycles. The van der Waals surface area contributed by atoms with E-state index in [1.807, 2.05) is 0 Å². The van der Waals surface area contributed by atoms with Crippen molar-refractivity contribution in [3.63, 3.8) is 0 Å². The lowest BCUT2D eigenvalue weighted by atomic mass is 10.2. The van der Waals surface area contributed by atoms with Gasteiger partial charge in [0.1, 0.15) is 0 Å². The second-order valence-electron chi connectivity index (χ2n) is 3.61. The third kappa shape index (κ3) is 3.26. The average molecular weight is 211 g/mol. The number of hydrogen-bond donors (Lipinski definition) is 1. The molecule has 1 amide bonds. The fraction of sp³-hybridized carbons (Fsp3) is 0.600. The summed E-state index contributed by atoms with van der Waals surface area (Å²) in [6.45, 7) is 3.37. The van der Waals surface area contributed by atoms with Gasteiger partial charge in [0, 0.05) is 13.8 Å². The van der Waals surface area contributed by atoms with Crippen LogP contribution in [0.15, 0.2) is 0 Å². The van der Waals surface area contributed by atoms with E-state index < -0.39 is 17.9 Å². The van der Waals surface area contributed by atoms with Crippen LogP contribution in [0.1, 0.15) is 20.3 Å². The zero-order valence-corrected chi connectivity index (χ0v) is 8.70. The average Bonchev–Trinajstić information content (AvgIpc) is 2.36. The molecule has 0 aromatic rings. The first-order chi connectivity index (χ1) is 6.94. The Morgan fingerprint density at radius 2 is 2.33 bits per heavy atom. The van der Waals surface area contributed by atoms with Crippen LogP contribution in [0, 0.1) is 12.3 Å². The Balaban J connectivity index is 2.43. The van der Waals surface area contributed by atoms with Gasteiger partial charge < -0.3 is 14.8 Å². The minimum Gasteiger partial charge on any atom is -0.432 e. The van der Waals surface area contributed by atoms with Crippen molar-refractivity contribution in [1.29, 1.82) is 0 Å². The van der Waals surface area contributed by atoms with Crippen LogP contribution in [0.3, 0.4) is 0 Å². The predicted molar refractivity (Wildman–Crippen MR) is 51.5 cm³/mol. The summed E-state index contributed by atoms with van der Waals surface area (Å²) in [5.41, 5.74) is 0. The number of carbonyl (C=O) groups excluding carboxylic acids is 2. The molecule has 15 heavy (non-hydrogen) atoms. The highest BCUT2D eigenvalue weighted by atomic mass is 16.8. The number of rotatable bonds is 3. The minimum atomic E-state index is -0.950. The van der Waals surface area contributed by atoms with Crippen molar-refractivity contribution in [2.24, 2.45) is 0 Å². The van der Waals surface area contributed by atoms with Gasteiger partial charge in [-0.25, -0.2) is 4.79 Å². The zero-order valence-electron chi connectivity index (χ0n) is 8.70. The molecule has 1 aliphatic heterocycles. The highest BCUT2D eigenvalue weighted by Gasteiger charge is 2.41. The van der Waals surface area contributed by atoms with Crippen LogP contribution in [0.2, 0.25) is 0 Å². The molecule has 82 valence electrons. The zero-order chi connectivity index (χ0) is 11.5. The Hall–Kier alpha value is -1.54. The summed E-state index contributed by atoms with van der Waals surface area (Å²) >= 11 is 0. The second kappa shape index (κ2) is 4.32. The Labute approximate surface area is 88.1 Å². The van der Waals surface area contributed by atoms with Crippen molar-refractivity contribution in [2.75, 3.05) is 6.54 Å². The van der Waals surface area contributed by atoms with Gasteiger partial charge in [-0.2, -0.15) is 0 Å². The maximum atomic E-state index is 11.2. The summed E-state index contributed by atoms with van der Waals surface area (Å²) in [6, 6.07) is 0. The van der Waals surface area contributed by atoms with Gasteiger partial charge in [0.15, 0.2) is 6.10 Å². The van der Waals surface area contributed by atoms with Crippen molar-refractivity contribution in [3.05, 3.63) is 0 Å². The highest BCUT2D eigenvalue weighted by Crippen LogP contribution is 2.25. The van der Waals surface area contributed by atoms with Crippen molar-refractivity contribution in [1.82, 2.24) is 5.32 Å². The number of cyclic esters (lactones) is 1. The molecule has 1 rings (SSSR count). The van der Waals surface area contributed by atoms with Crippen LogP contribution < -0.4 is 5.32 Å². The summed E-state index contributed by atoms with van der Waals surface area (Å²) < 4.78 is 10.1. The molecule has 5 nitrogen and oxygen atoms in total. The molecule has 0 spiro atoms. The monoisotopic (exact) mass is 211 g/mol. The van der Waals surface area contributed by atoms with Crippen molar-refractivity contribution in [2.45, 2.75) is 32.2 Å². The highest BCUT2D eigenvalue weighted by molar-refractivity contribution is 5.85. The van der Waals surface area contributed by atoms with Crippen LogP contribution >= 0.6 is 0 Å². The van der Waals surface area contributed by atoms with E-state index in [0.717, 1.165) is 0 Å². The molecule has 5 heteroatoms. The standard InChI is InChI=1S/C10H13NO4/c1-4-5-11-8(12)6-7-9(13)15-10(2,3)14-7/h1,7H,5-6H2,2-3H3,(H,11,12)/t7-/m0/s1. The summed E-state index contributed by atoms with van der Waals surface area (Å²) in [7, 11) is 0. The van der Waals surface area contributed by atoms with Crippen molar-refractivity contribution < 1.29 is 19.1 Å². The fourth-order valence-electron chi connectivity index (χ4n) is 1.24. The first-order valence-electron chi connectivity index (χ1n) is 4.55. The topological polar surface area (TPSA) is 64.6 Å². The van der Waals surface area contributed by atoms with Gasteiger partial charge in [0.05, 0.1) is 13.0 Å². The summed E-state index contributed by atoms with van der Waals surface area (Å²) in [6.07, 6.45) is 4.07. The SMILES string of the molecule is C#CCNC(=O)C[C@@H]1OC(C)(C)OC1=O. The fourth-order valence-corrected chi connectivity index (χ4v) is 1.24. The number of esters is 1. The molecule has 0 bridgehead atoms. The van der Waals surface area contributed by atoms with Crippen molar-refractivity contribution >= 4 is 11.9 Å². The minimum absolute atomic E-state index is 0.0655. The molecule has 1 saturated heterocycles. The van der Waals surface area contributed by atoms with E-state index in [2.05, 4.69) is 11.2 Å². The number of ether oxygens (including phenoxy) is 2.